The van der Waals surface area contributed by atoms with Crippen LogP contribution in [0.25, 0.3) is 11.1 Å². The van der Waals surface area contributed by atoms with Crippen molar-refractivity contribution in [2.75, 3.05) is 0 Å². The molecule has 0 saturated heterocycles. The molecule has 0 bridgehead atoms. The lowest BCUT2D eigenvalue weighted by atomic mass is 9.58. The van der Waals surface area contributed by atoms with Gasteiger partial charge in [0.1, 0.15) is 0 Å². The SMILES string of the molecule is CC(C)(C)C1(c2ccccc2)c2ccccc2-c2ccccc21. The molecular formula is C23H22. The van der Waals surface area contributed by atoms with Crippen LogP contribution in [-0.4, -0.2) is 0 Å². The lowest BCUT2D eigenvalue weighted by Gasteiger charge is -2.44. The molecule has 0 saturated carbocycles. The molecule has 0 atom stereocenters. The van der Waals surface area contributed by atoms with Crippen molar-refractivity contribution in [2.45, 2.75) is 26.2 Å². The van der Waals surface area contributed by atoms with Crippen LogP contribution in [-0.2, 0) is 5.41 Å². The Hall–Kier alpha value is -2.34. The van der Waals surface area contributed by atoms with E-state index in [0.29, 0.717) is 0 Å². The first kappa shape index (κ1) is 14.3. The first-order valence-corrected chi connectivity index (χ1v) is 8.32. The Bertz CT molecular complexity index is 805. The monoisotopic (exact) mass is 298 g/mol. The van der Waals surface area contributed by atoms with Crippen molar-refractivity contribution < 1.29 is 0 Å². The molecule has 0 spiro atoms. The van der Waals surface area contributed by atoms with Gasteiger partial charge in [0.05, 0.1) is 5.41 Å². The van der Waals surface area contributed by atoms with Crippen LogP contribution in [0.2, 0.25) is 0 Å². The van der Waals surface area contributed by atoms with Crippen LogP contribution in [0.3, 0.4) is 0 Å². The predicted octanol–water partition coefficient (Wildman–Crippen LogP) is 6.05. The van der Waals surface area contributed by atoms with E-state index in [-0.39, 0.29) is 10.8 Å². The highest BCUT2D eigenvalue weighted by Crippen LogP contribution is 2.60. The molecule has 1 aliphatic carbocycles. The quantitative estimate of drug-likeness (QED) is 0.513. The van der Waals surface area contributed by atoms with Gasteiger partial charge in [-0.1, -0.05) is 99.6 Å². The van der Waals surface area contributed by atoms with Gasteiger partial charge in [0, 0.05) is 0 Å². The van der Waals surface area contributed by atoms with Crippen LogP contribution in [0.1, 0.15) is 37.5 Å². The molecule has 0 unspecified atom stereocenters. The van der Waals surface area contributed by atoms with Gasteiger partial charge >= 0.3 is 0 Å². The predicted molar refractivity (Wildman–Crippen MR) is 97.7 cm³/mol. The highest BCUT2D eigenvalue weighted by Gasteiger charge is 2.51. The van der Waals surface area contributed by atoms with Crippen molar-refractivity contribution >= 4 is 0 Å². The second-order valence-electron chi connectivity index (χ2n) is 7.46. The summed E-state index contributed by atoms with van der Waals surface area (Å²) in [6, 6.07) is 28.8. The fraction of sp³-hybridized carbons (Fsp3) is 0.217. The van der Waals surface area contributed by atoms with Crippen LogP contribution >= 0.6 is 0 Å². The molecular weight excluding hydrogens is 276 g/mol. The Morgan fingerprint density at radius 1 is 0.565 bits per heavy atom. The maximum absolute atomic E-state index is 2.36. The van der Waals surface area contributed by atoms with Gasteiger partial charge in [-0.3, -0.25) is 0 Å². The van der Waals surface area contributed by atoms with Gasteiger partial charge in [-0.2, -0.15) is 0 Å². The van der Waals surface area contributed by atoms with Crippen LogP contribution in [0.5, 0.6) is 0 Å². The smallest absolute Gasteiger partial charge is 0.0511 e. The average molecular weight is 298 g/mol. The molecule has 0 fully saturated rings. The Kier molecular flexibility index (Phi) is 2.99. The van der Waals surface area contributed by atoms with Crippen molar-refractivity contribution in [3.63, 3.8) is 0 Å². The summed E-state index contributed by atoms with van der Waals surface area (Å²) in [6.07, 6.45) is 0. The van der Waals surface area contributed by atoms with Crippen molar-refractivity contribution in [3.05, 3.63) is 95.6 Å². The van der Waals surface area contributed by atoms with E-state index in [1.54, 1.807) is 0 Å². The molecule has 0 aromatic heterocycles. The Labute approximate surface area is 138 Å². The minimum Gasteiger partial charge on any atom is -0.0622 e. The summed E-state index contributed by atoms with van der Waals surface area (Å²) in [6.45, 7) is 7.08. The first-order chi connectivity index (χ1) is 11.1. The molecule has 0 radical (unpaired) electrons. The van der Waals surface area contributed by atoms with Crippen LogP contribution in [0.4, 0.5) is 0 Å². The molecule has 114 valence electrons. The summed E-state index contributed by atoms with van der Waals surface area (Å²) in [5, 5.41) is 0. The molecule has 0 nitrogen and oxygen atoms in total. The molecule has 0 aliphatic heterocycles. The number of hydrogen-bond donors (Lipinski definition) is 0. The maximum atomic E-state index is 2.36. The topological polar surface area (TPSA) is 0 Å². The average Bonchev–Trinajstić information content (AvgIpc) is 2.87. The fourth-order valence-corrected chi connectivity index (χ4v) is 4.48. The number of rotatable bonds is 1. The minimum absolute atomic E-state index is 0.0665. The van der Waals surface area contributed by atoms with E-state index in [2.05, 4.69) is 99.6 Å². The van der Waals surface area contributed by atoms with E-state index < -0.39 is 0 Å². The molecule has 23 heavy (non-hydrogen) atoms. The lowest BCUT2D eigenvalue weighted by Crippen LogP contribution is -2.40. The maximum Gasteiger partial charge on any atom is 0.0511 e. The van der Waals surface area contributed by atoms with Gasteiger partial charge in [0.25, 0.3) is 0 Å². The summed E-state index contributed by atoms with van der Waals surface area (Å²) in [4.78, 5) is 0. The normalized spacial score (nSPS) is 15.1. The zero-order valence-electron chi connectivity index (χ0n) is 14.0. The van der Waals surface area contributed by atoms with E-state index in [1.165, 1.54) is 27.8 Å². The zero-order valence-corrected chi connectivity index (χ0v) is 14.0. The van der Waals surface area contributed by atoms with Crippen LogP contribution < -0.4 is 0 Å². The van der Waals surface area contributed by atoms with E-state index in [4.69, 9.17) is 0 Å². The molecule has 0 heterocycles. The highest BCUT2D eigenvalue weighted by atomic mass is 14.5. The number of fused-ring (bicyclic) bond motifs is 3. The van der Waals surface area contributed by atoms with Gasteiger partial charge in [-0.15, -0.1) is 0 Å². The third-order valence-corrected chi connectivity index (χ3v) is 5.28. The van der Waals surface area contributed by atoms with Crippen molar-refractivity contribution in [1.82, 2.24) is 0 Å². The summed E-state index contributed by atoms with van der Waals surface area (Å²) in [5.74, 6) is 0. The molecule has 3 aromatic carbocycles. The van der Waals surface area contributed by atoms with Gasteiger partial charge < -0.3 is 0 Å². The fourth-order valence-electron chi connectivity index (χ4n) is 4.48. The Balaban J connectivity index is 2.19. The molecule has 3 aromatic rings. The standard InChI is InChI=1S/C23H22/c1-22(2,3)23(17-11-5-4-6-12-17)20-15-9-7-13-18(20)19-14-8-10-16-21(19)23/h4-16H,1-3H3. The van der Waals surface area contributed by atoms with Gasteiger partial charge in [0.2, 0.25) is 0 Å². The number of hydrogen-bond acceptors (Lipinski definition) is 0. The second-order valence-corrected chi connectivity index (χ2v) is 7.46. The molecule has 1 aliphatic rings. The summed E-state index contributed by atoms with van der Waals surface area (Å²) in [5.41, 5.74) is 6.95. The van der Waals surface area contributed by atoms with Crippen LogP contribution in [0.15, 0.2) is 78.9 Å². The molecule has 0 amide bonds. The zero-order chi connectivity index (χ0) is 16.1. The molecule has 4 rings (SSSR count). The highest BCUT2D eigenvalue weighted by molar-refractivity contribution is 5.84. The van der Waals surface area contributed by atoms with Gasteiger partial charge in [-0.05, 0) is 33.2 Å². The summed E-state index contributed by atoms with van der Waals surface area (Å²) >= 11 is 0. The van der Waals surface area contributed by atoms with E-state index >= 15 is 0 Å². The summed E-state index contributed by atoms with van der Waals surface area (Å²) in [7, 11) is 0. The molecule has 0 N–H and O–H groups in total. The lowest BCUT2D eigenvalue weighted by molar-refractivity contribution is 0.277. The minimum atomic E-state index is -0.110. The van der Waals surface area contributed by atoms with Crippen LogP contribution in [0, 0.1) is 5.41 Å². The van der Waals surface area contributed by atoms with Gasteiger partial charge in [-0.25, -0.2) is 0 Å². The third kappa shape index (κ3) is 1.78. The van der Waals surface area contributed by atoms with E-state index in [0.717, 1.165) is 0 Å². The second kappa shape index (κ2) is 4.83. The van der Waals surface area contributed by atoms with E-state index in [1.807, 2.05) is 0 Å². The largest absolute Gasteiger partial charge is 0.0622 e. The Morgan fingerprint density at radius 2 is 1.00 bits per heavy atom. The van der Waals surface area contributed by atoms with E-state index in [9.17, 15) is 0 Å². The number of benzene rings is 3. The van der Waals surface area contributed by atoms with Crippen molar-refractivity contribution in [2.24, 2.45) is 5.41 Å². The Morgan fingerprint density at radius 3 is 1.48 bits per heavy atom. The third-order valence-electron chi connectivity index (χ3n) is 5.28. The van der Waals surface area contributed by atoms with Gasteiger partial charge in [0.15, 0.2) is 0 Å². The summed E-state index contributed by atoms with van der Waals surface area (Å²) < 4.78 is 0. The van der Waals surface area contributed by atoms with Crippen molar-refractivity contribution in [3.8, 4) is 11.1 Å². The van der Waals surface area contributed by atoms with Crippen molar-refractivity contribution in [1.29, 1.82) is 0 Å². The first-order valence-electron chi connectivity index (χ1n) is 8.32. The molecule has 0 heteroatoms.